The lowest BCUT2D eigenvalue weighted by atomic mass is 10.0. The first kappa shape index (κ1) is 25.1. The molecule has 0 aromatic rings. The van der Waals surface area contributed by atoms with Gasteiger partial charge in [-0.25, -0.2) is 52.0 Å². The molecule has 0 N–H and O–H groups in total. The molecule has 2 saturated heterocycles. The number of sulfone groups is 2. The van der Waals surface area contributed by atoms with Crippen molar-refractivity contribution in [1.29, 1.82) is 0 Å². The smallest absolute Gasteiger partial charge is 0.233 e. The predicted molar refractivity (Wildman–Crippen MR) is 66.7 cm³/mol. The van der Waals surface area contributed by atoms with E-state index in [1.54, 1.807) is 0 Å². The maximum absolute atomic E-state index is 12.8. The summed E-state index contributed by atoms with van der Waals surface area (Å²) in [6.45, 7) is 0. The van der Waals surface area contributed by atoms with Gasteiger partial charge < -0.3 is 0 Å². The molecule has 0 spiro atoms. The lowest BCUT2D eigenvalue weighted by Crippen LogP contribution is -2.50. The third-order valence-electron chi connectivity index (χ3n) is 3.82. The van der Waals surface area contributed by atoms with Crippen LogP contribution in [0.1, 0.15) is 6.42 Å². The normalized spacial score (nSPS) is 40.4. The van der Waals surface area contributed by atoms with Crippen molar-refractivity contribution in [3.8, 4) is 0 Å². The van der Waals surface area contributed by atoms with E-state index in [1.807, 2.05) is 0 Å². The van der Waals surface area contributed by atoms with Gasteiger partial charge in [-0.15, -0.1) is 0 Å². The minimum Gasteiger partial charge on any atom is -0.233 e. The Kier molecular flexibility index (Phi) is 6.09. The Balaban J connectivity index is 0.000000280. The van der Waals surface area contributed by atoms with Crippen LogP contribution >= 0.6 is 0 Å². The summed E-state index contributed by atoms with van der Waals surface area (Å²) < 4.78 is 190. The zero-order chi connectivity index (χ0) is 22.7. The lowest BCUT2D eigenvalue weighted by molar-refractivity contribution is -0.191. The van der Waals surface area contributed by atoms with E-state index in [9.17, 15) is 69.5 Å². The quantitative estimate of drug-likeness (QED) is 0.566. The van der Waals surface area contributed by atoms with Gasteiger partial charge in [0.05, 0.1) is 12.2 Å². The summed E-state index contributed by atoms with van der Waals surface area (Å²) in [5.41, 5.74) is -16.7. The van der Waals surface area contributed by atoms with Gasteiger partial charge in [0.1, 0.15) is 0 Å². The van der Waals surface area contributed by atoms with Crippen molar-refractivity contribution in [2.75, 3.05) is 5.75 Å². The monoisotopic (exact) mass is 484 g/mol. The van der Waals surface area contributed by atoms with E-state index in [0.29, 0.717) is 0 Å². The molecule has 0 amide bonds. The van der Waals surface area contributed by atoms with Crippen molar-refractivity contribution in [3.05, 3.63) is 0 Å². The SMILES string of the molecule is O=S1(=O)C(F)C(F)(C(F)F)CC1(F)F.O=S1(=O)CC(F)(C(F)F)C(F)(F)C1F. The van der Waals surface area contributed by atoms with Gasteiger partial charge in [0, 0.05) is 0 Å². The van der Waals surface area contributed by atoms with E-state index in [2.05, 4.69) is 0 Å². The molecule has 4 atom stereocenters. The average molecular weight is 484 g/mol. The van der Waals surface area contributed by atoms with Gasteiger partial charge in [-0.05, 0) is 0 Å². The van der Waals surface area contributed by atoms with Crippen LogP contribution in [0, 0.1) is 0 Å². The molecule has 2 fully saturated rings. The first-order chi connectivity index (χ1) is 12.1. The zero-order valence-electron chi connectivity index (χ0n) is 12.7. The van der Waals surface area contributed by atoms with E-state index in [1.165, 1.54) is 0 Å². The Morgan fingerprint density at radius 2 is 1.18 bits per heavy atom. The van der Waals surface area contributed by atoms with Gasteiger partial charge in [0.25, 0.3) is 33.9 Å². The highest BCUT2D eigenvalue weighted by Crippen LogP contribution is 2.51. The Labute approximate surface area is 148 Å². The highest BCUT2D eigenvalue weighted by molar-refractivity contribution is 7.93. The maximum Gasteiger partial charge on any atom is 0.352 e. The van der Waals surface area contributed by atoms with Crippen LogP contribution in [0.2, 0.25) is 0 Å². The fraction of sp³-hybridized carbons (Fsp3) is 1.00. The van der Waals surface area contributed by atoms with Crippen LogP contribution in [0.3, 0.4) is 0 Å². The van der Waals surface area contributed by atoms with Gasteiger partial charge in [-0.3, -0.25) is 0 Å². The summed E-state index contributed by atoms with van der Waals surface area (Å²) in [6, 6.07) is 0. The minimum absolute atomic E-state index is 2.20. The second kappa shape index (κ2) is 6.80. The number of rotatable bonds is 2. The second-order valence-corrected chi connectivity index (χ2v) is 9.94. The summed E-state index contributed by atoms with van der Waals surface area (Å²) in [7, 11) is -11.0. The van der Waals surface area contributed by atoms with Crippen LogP contribution in [0.5, 0.6) is 0 Å². The van der Waals surface area contributed by atoms with Crippen LogP contribution < -0.4 is 0 Å². The number of alkyl halides is 12. The highest BCUT2D eigenvalue weighted by atomic mass is 32.2. The number of hydrogen-bond acceptors (Lipinski definition) is 4. The maximum atomic E-state index is 12.8. The van der Waals surface area contributed by atoms with Crippen molar-refractivity contribution in [3.63, 3.8) is 0 Å². The second-order valence-electron chi connectivity index (χ2n) is 5.81. The number of halogens is 12. The molecule has 0 saturated carbocycles. The molecular formula is C10H8F12O4S2. The lowest BCUT2D eigenvalue weighted by Gasteiger charge is -2.24. The topological polar surface area (TPSA) is 68.3 Å². The highest BCUT2D eigenvalue weighted by Gasteiger charge is 2.76. The van der Waals surface area contributed by atoms with Gasteiger partial charge in [-0.2, -0.15) is 17.6 Å². The van der Waals surface area contributed by atoms with Crippen LogP contribution in [0.15, 0.2) is 0 Å². The molecule has 168 valence electrons. The molecule has 4 nitrogen and oxygen atoms in total. The third kappa shape index (κ3) is 3.43. The van der Waals surface area contributed by atoms with E-state index < -0.39 is 78.2 Å². The van der Waals surface area contributed by atoms with Crippen LogP contribution in [0.4, 0.5) is 52.7 Å². The molecule has 0 aromatic carbocycles. The molecule has 2 aliphatic heterocycles. The molecule has 0 bridgehead atoms. The Bertz CT molecular complexity index is 812. The van der Waals surface area contributed by atoms with Crippen molar-refractivity contribution in [1.82, 2.24) is 0 Å². The Morgan fingerprint density at radius 3 is 1.32 bits per heavy atom. The molecule has 0 radical (unpaired) electrons. The first-order valence-corrected chi connectivity index (χ1v) is 9.80. The van der Waals surface area contributed by atoms with E-state index in [0.717, 1.165) is 0 Å². The zero-order valence-corrected chi connectivity index (χ0v) is 14.3. The fourth-order valence-corrected chi connectivity index (χ4v) is 5.29. The Morgan fingerprint density at radius 1 is 0.750 bits per heavy atom. The Hall–Kier alpha value is -0.940. The standard InChI is InChI=1S/2C5H4F6O2S/c6-2(7)4(9)1-14(12,13)3(8)5(4,10)11;6-2(7)4(9)1-5(10,11)14(12,13)3(4)8/h2*2-3H,1H2. The van der Waals surface area contributed by atoms with Crippen molar-refractivity contribution < 1.29 is 69.5 Å². The predicted octanol–water partition coefficient (Wildman–Crippen LogP) is 2.99. The van der Waals surface area contributed by atoms with Gasteiger partial charge in [0.15, 0.2) is 9.84 Å². The summed E-state index contributed by atoms with van der Waals surface area (Å²) in [5.74, 6) is -7.41. The van der Waals surface area contributed by atoms with Gasteiger partial charge >= 0.3 is 11.2 Å². The molecule has 4 unspecified atom stereocenters. The van der Waals surface area contributed by atoms with E-state index in [-0.39, 0.29) is 0 Å². The molecule has 0 aliphatic carbocycles. The van der Waals surface area contributed by atoms with Crippen LogP contribution in [-0.4, -0.2) is 69.0 Å². The minimum atomic E-state index is -5.81. The van der Waals surface area contributed by atoms with Crippen molar-refractivity contribution >= 4 is 19.7 Å². The molecule has 0 aromatic heterocycles. The summed E-state index contributed by atoms with van der Waals surface area (Å²) in [5, 5.41) is -4.78. The van der Waals surface area contributed by atoms with Crippen LogP contribution in [0.25, 0.3) is 0 Å². The molecule has 2 aliphatic rings. The molecule has 2 rings (SSSR count). The molecule has 2 heterocycles. The molecule has 18 heteroatoms. The molecule has 28 heavy (non-hydrogen) atoms. The average Bonchev–Trinajstić information content (AvgIpc) is 2.71. The van der Waals surface area contributed by atoms with Crippen LogP contribution in [-0.2, 0) is 19.7 Å². The molecular weight excluding hydrogens is 476 g/mol. The largest absolute Gasteiger partial charge is 0.352 e. The van der Waals surface area contributed by atoms with E-state index in [4.69, 9.17) is 0 Å². The number of hydrogen-bond donors (Lipinski definition) is 0. The summed E-state index contributed by atoms with van der Waals surface area (Å²) >= 11 is 0. The fourth-order valence-electron chi connectivity index (χ4n) is 2.17. The van der Waals surface area contributed by atoms with E-state index >= 15 is 0 Å². The first-order valence-electron chi connectivity index (χ1n) is 6.54. The van der Waals surface area contributed by atoms with Crippen molar-refractivity contribution in [2.24, 2.45) is 0 Å². The third-order valence-corrected chi connectivity index (χ3v) is 7.48. The van der Waals surface area contributed by atoms with Gasteiger partial charge in [0.2, 0.25) is 11.2 Å². The van der Waals surface area contributed by atoms with Crippen molar-refractivity contribution in [2.45, 2.75) is 52.8 Å². The van der Waals surface area contributed by atoms with Gasteiger partial charge in [-0.1, -0.05) is 0 Å². The summed E-state index contributed by atoms with van der Waals surface area (Å²) in [4.78, 5) is 0. The summed E-state index contributed by atoms with van der Waals surface area (Å²) in [6.07, 6.45) is -10.7.